The van der Waals surface area contributed by atoms with Crippen LogP contribution in [0.25, 0.3) is 21.8 Å². The van der Waals surface area contributed by atoms with Gasteiger partial charge in [0.2, 0.25) is 0 Å². The largest absolute Gasteiger partial charge is 0.444 e. The van der Waals surface area contributed by atoms with E-state index < -0.39 is 29.4 Å². The fourth-order valence-corrected chi connectivity index (χ4v) is 4.07. The number of β-amino-alcohol motifs (C(OH)–C–C–N with tert-alkyl or cyclic N) is 1. The Kier molecular flexibility index (Phi) is 4.73. The predicted octanol–water partition coefficient (Wildman–Crippen LogP) is 4.62. The molecule has 1 aliphatic heterocycles. The Morgan fingerprint density at radius 3 is 2.10 bits per heavy atom. The van der Waals surface area contributed by atoms with Crippen molar-refractivity contribution >= 4 is 27.9 Å². The van der Waals surface area contributed by atoms with E-state index in [2.05, 4.69) is 0 Å². The molecule has 0 spiro atoms. The molecular weight excluding hydrogens is 378 g/mol. The molecule has 2 aromatic carbocycles. The Morgan fingerprint density at radius 1 is 1.07 bits per heavy atom. The number of nitrogens with zero attached hydrogens (tertiary/aromatic N) is 2. The zero-order valence-electron chi connectivity index (χ0n) is 16.7. The summed E-state index contributed by atoms with van der Waals surface area (Å²) in [7, 11) is 0. The summed E-state index contributed by atoms with van der Waals surface area (Å²) in [5.74, 6) is -0.804. The summed E-state index contributed by atoms with van der Waals surface area (Å²) in [6.45, 7) is 5.93. The maximum Gasteiger partial charge on any atom is 0.410 e. The van der Waals surface area contributed by atoms with Crippen LogP contribution in [0.15, 0.2) is 36.4 Å². The van der Waals surface area contributed by atoms with Crippen LogP contribution in [0.3, 0.4) is 0 Å². The van der Waals surface area contributed by atoms with Crippen LogP contribution in [0, 0.1) is 11.6 Å². The summed E-state index contributed by atoms with van der Waals surface area (Å²) in [4.78, 5) is 13.9. The van der Waals surface area contributed by atoms with Gasteiger partial charge in [0, 0.05) is 28.4 Å². The predicted molar refractivity (Wildman–Crippen MR) is 107 cm³/mol. The van der Waals surface area contributed by atoms with Crippen LogP contribution in [0.2, 0.25) is 0 Å². The third-order valence-corrected chi connectivity index (χ3v) is 5.26. The number of likely N-dealkylation sites (tertiary alicyclic amines) is 1. The molecule has 0 saturated carbocycles. The van der Waals surface area contributed by atoms with Gasteiger partial charge in [-0.1, -0.05) is 0 Å². The van der Waals surface area contributed by atoms with Crippen molar-refractivity contribution in [1.29, 1.82) is 0 Å². The molecule has 0 radical (unpaired) electrons. The summed E-state index contributed by atoms with van der Waals surface area (Å²) in [5.41, 5.74) is 0.836. The average Bonchev–Trinajstić information content (AvgIpc) is 2.93. The Labute approximate surface area is 167 Å². The summed E-state index contributed by atoms with van der Waals surface area (Å²) in [5, 5.41) is 12.1. The number of piperidine rings is 1. The molecule has 1 fully saturated rings. The molecule has 1 aliphatic rings. The van der Waals surface area contributed by atoms with E-state index in [1.807, 2.05) is 4.57 Å². The molecule has 29 heavy (non-hydrogen) atoms. The monoisotopic (exact) mass is 402 g/mol. The lowest BCUT2D eigenvalue weighted by Crippen LogP contribution is -2.48. The van der Waals surface area contributed by atoms with Gasteiger partial charge in [0.25, 0.3) is 0 Å². The summed E-state index contributed by atoms with van der Waals surface area (Å²) < 4.78 is 35.1. The number of carbonyl (C=O) groups excluding carboxylic acids is 1. The van der Waals surface area contributed by atoms with Gasteiger partial charge in [-0.3, -0.25) is 0 Å². The number of aliphatic hydroxyl groups is 1. The van der Waals surface area contributed by atoms with Crippen molar-refractivity contribution in [3.63, 3.8) is 0 Å². The minimum absolute atomic E-state index is 0.128. The van der Waals surface area contributed by atoms with Gasteiger partial charge in [-0.15, -0.1) is 0 Å². The van der Waals surface area contributed by atoms with Crippen LogP contribution in [-0.4, -0.2) is 45.5 Å². The van der Waals surface area contributed by atoms with Crippen molar-refractivity contribution in [2.24, 2.45) is 0 Å². The van der Waals surface area contributed by atoms with Crippen LogP contribution in [-0.2, 0) is 4.74 Å². The van der Waals surface area contributed by atoms with Gasteiger partial charge in [0.1, 0.15) is 17.2 Å². The van der Waals surface area contributed by atoms with E-state index in [0.29, 0.717) is 23.7 Å². The molecule has 1 aromatic heterocycles. The number of amides is 1. The van der Waals surface area contributed by atoms with Gasteiger partial charge >= 0.3 is 6.09 Å². The van der Waals surface area contributed by atoms with Crippen LogP contribution < -0.4 is 0 Å². The summed E-state index contributed by atoms with van der Waals surface area (Å²) >= 11 is 0. The summed E-state index contributed by atoms with van der Waals surface area (Å²) in [6, 6.07) is 8.45. The second-order valence-corrected chi connectivity index (χ2v) is 8.54. The molecular formula is C22H24F2N2O3. The molecule has 0 aliphatic carbocycles. The van der Waals surface area contributed by atoms with Gasteiger partial charge in [-0.05, 0) is 63.6 Å². The molecule has 1 N–H and O–H groups in total. The Balaban J connectivity index is 1.71. The molecule has 154 valence electrons. The second kappa shape index (κ2) is 6.99. The quantitative estimate of drug-likeness (QED) is 0.646. The second-order valence-electron chi connectivity index (χ2n) is 8.54. The minimum Gasteiger partial charge on any atom is -0.444 e. The number of halogens is 2. The Morgan fingerprint density at radius 2 is 1.62 bits per heavy atom. The Bertz CT molecular complexity index is 1030. The van der Waals surface area contributed by atoms with Crippen LogP contribution in [0.5, 0.6) is 0 Å². The summed E-state index contributed by atoms with van der Waals surface area (Å²) in [6.07, 6.45) is -0.805. The molecule has 2 atom stereocenters. The molecule has 5 nitrogen and oxygen atoms in total. The fraction of sp³-hybridized carbons (Fsp3) is 0.409. The van der Waals surface area contributed by atoms with Crippen molar-refractivity contribution in [2.45, 2.75) is 44.9 Å². The number of carbonyl (C=O) groups is 1. The van der Waals surface area contributed by atoms with Gasteiger partial charge in [-0.25, -0.2) is 13.6 Å². The van der Waals surface area contributed by atoms with E-state index in [9.17, 15) is 18.7 Å². The van der Waals surface area contributed by atoms with Crippen molar-refractivity contribution in [3.8, 4) is 0 Å². The molecule has 2 heterocycles. The topological polar surface area (TPSA) is 54.7 Å². The first-order chi connectivity index (χ1) is 13.6. The third kappa shape index (κ3) is 3.67. The normalized spacial score (nSPS) is 20.4. The molecule has 3 aromatic rings. The molecule has 0 unspecified atom stereocenters. The molecule has 4 rings (SSSR count). The lowest BCUT2D eigenvalue weighted by Gasteiger charge is -2.37. The number of hydrogen-bond donors (Lipinski definition) is 1. The minimum atomic E-state index is -0.842. The maximum absolute atomic E-state index is 13.9. The zero-order chi connectivity index (χ0) is 20.9. The average molecular weight is 402 g/mol. The number of rotatable bonds is 1. The number of aromatic nitrogens is 1. The first-order valence-electron chi connectivity index (χ1n) is 9.69. The van der Waals surface area contributed by atoms with Crippen molar-refractivity contribution < 1.29 is 23.4 Å². The number of hydrogen-bond acceptors (Lipinski definition) is 3. The van der Waals surface area contributed by atoms with E-state index >= 15 is 0 Å². The first-order valence-corrected chi connectivity index (χ1v) is 9.69. The van der Waals surface area contributed by atoms with Crippen LogP contribution in [0.4, 0.5) is 13.6 Å². The van der Waals surface area contributed by atoms with Crippen molar-refractivity contribution in [2.75, 3.05) is 13.1 Å². The van der Waals surface area contributed by atoms with Crippen molar-refractivity contribution in [1.82, 2.24) is 9.47 Å². The smallest absolute Gasteiger partial charge is 0.410 e. The highest BCUT2D eigenvalue weighted by Gasteiger charge is 2.34. The van der Waals surface area contributed by atoms with Gasteiger partial charge < -0.3 is 19.3 Å². The standard InChI is InChI=1S/C22H24F2N2O3/c1-22(2,3)29-21(28)25-9-8-19(20(27)12-25)26-17-6-4-13(23)10-15(17)16-11-14(24)5-7-18(16)26/h4-7,10-11,19-20,27H,8-9,12H2,1-3H3/t19-,20-/m1/s1. The van der Waals surface area contributed by atoms with E-state index in [4.69, 9.17) is 4.74 Å². The number of ether oxygens (including phenoxy) is 1. The van der Waals surface area contributed by atoms with E-state index in [1.54, 1.807) is 32.9 Å². The highest BCUT2D eigenvalue weighted by atomic mass is 19.1. The fourth-order valence-electron chi connectivity index (χ4n) is 4.07. The highest BCUT2D eigenvalue weighted by Crippen LogP contribution is 2.36. The van der Waals surface area contributed by atoms with Gasteiger partial charge in [0.05, 0.1) is 18.7 Å². The maximum atomic E-state index is 13.9. The van der Waals surface area contributed by atoms with Crippen molar-refractivity contribution in [3.05, 3.63) is 48.0 Å². The molecule has 0 bridgehead atoms. The number of benzene rings is 2. The Hall–Kier alpha value is -2.67. The molecule has 7 heteroatoms. The number of aliphatic hydroxyl groups excluding tert-OH is 1. The third-order valence-electron chi connectivity index (χ3n) is 5.26. The van der Waals surface area contributed by atoms with E-state index in [-0.39, 0.29) is 12.6 Å². The lowest BCUT2D eigenvalue weighted by molar-refractivity contribution is -0.00880. The van der Waals surface area contributed by atoms with Gasteiger partial charge in [-0.2, -0.15) is 0 Å². The SMILES string of the molecule is CC(C)(C)OC(=O)N1CC[C@@H](n2c3ccc(F)cc3c3cc(F)ccc32)[C@H](O)C1. The lowest BCUT2D eigenvalue weighted by atomic mass is 10.0. The molecule has 1 saturated heterocycles. The number of fused-ring (bicyclic) bond motifs is 3. The zero-order valence-corrected chi connectivity index (χ0v) is 16.7. The van der Waals surface area contributed by atoms with E-state index in [0.717, 1.165) is 11.0 Å². The van der Waals surface area contributed by atoms with Gasteiger partial charge in [0.15, 0.2) is 0 Å². The van der Waals surface area contributed by atoms with E-state index in [1.165, 1.54) is 29.2 Å². The highest BCUT2D eigenvalue weighted by molar-refractivity contribution is 6.08. The molecule has 1 amide bonds. The first kappa shape index (κ1) is 19.6. The van der Waals surface area contributed by atoms with Crippen LogP contribution in [0.1, 0.15) is 33.2 Å². The van der Waals surface area contributed by atoms with Crippen LogP contribution >= 0.6 is 0 Å².